The highest BCUT2D eigenvalue weighted by molar-refractivity contribution is 5.28. The zero-order chi connectivity index (χ0) is 12.1. The molecule has 3 saturated carbocycles. The first-order chi connectivity index (χ1) is 7.94. The molecular formula is C14H23NO2. The van der Waals surface area contributed by atoms with Crippen molar-refractivity contribution in [3.8, 4) is 0 Å². The average Bonchev–Trinajstić information content (AvgIpc) is 3.12. The van der Waals surface area contributed by atoms with Crippen molar-refractivity contribution >= 4 is 0 Å². The molecule has 3 aliphatic carbocycles. The number of nitrogens with zero attached hydrogens (tertiary/aromatic N) is 1. The average molecular weight is 237 g/mol. The molecule has 17 heavy (non-hydrogen) atoms. The highest BCUT2D eigenvalue weighted by Crippen LogP contribution is 2.74. The molecule has 1 aliphatic heterocycles. The summed E-state index contributed by atoms with van der Waals surface area (Å²) in [5.41, 5.74) is 0.849. The van der Waals surface area contributed by atoms with Crippen LogP contribution < -0.4 is 0 Å². The summed E-state index contributed by atoms with van der Waals surface area (Å²) in [5.74, 6) is 1.29. The number of piperidine rings is 1. The van der Waals surface area contributed by atoms with Gasteiger partial charge in [0.25, 0.3) is 0 Å². The summed E-state index contributed by atoms with van der Waals surface area (Å²) in [4.78, 5) is 2.11. The molecular weight excluding hydrogens is 214 g/mol. The van der Waals surface area contributed by atoms with E-state index in [1.165, 1.54) is 38.5 Å². The third-order valence-corrected chi connectivity index (χ3v) is 6.34. The molecule has 2 unspecified atom stereocenters. The maximum atomic E-state index is 9.84. The molecule has 0 aromatic rings. The van der Waals surface area contributed by atoms with Crippen molar-refractivity contribution in [1.82, 2.24) is 4.90 Å². The fourth-order valence-electron chi connectivity index (χ4n) is 5.07. The van der Waals surface area contributed by atoms with Gasteiger partial charge in [-0.05, 0) is 55.8 Å². The van der Waals surface area contributed by atoms with Gasteiger partial charge in [-0.2, -0.15) is 0 Å². The summed E-state index contributed by atoms with van der Waals surface area (Å²) >= 11 is 0. The number of rotatable bonds is 1. The van der Waals surface area contributed by atoms with E-state index in [0.29, 0.717) is 17.3 Å². The number of aliphatic hydroxyl groups is 2. The quantitative estimate of drug-likeness (QED) is 0.682. The fraction of sp³-hybridized carbons (Fsp3) is 1.00. The van der Waals surface area contributed by atoms with Crippen LogP contribution in [0.4, 0.5) is 0 Å². The molecule has 1 heterocycles. The van der Waals surface area contributed by atoms with Crippen LogP contribution in [0.2, 0.25) is 0 Å². The second-order valence-electron chi connectivity index (χ2n) is 7.49. The molecule has 96 valence electrons. The van der Waals surface area contributed by atoms with Gasteiger partial charge in [0.1, 0.15) is 0 Å². The molecule has 0 bridgehead atoms. The summed E-state index contributed by atoms with van der Waals surface area (Å²) in [6.45, 7) is 4.55. The van der Waals surface area contributed by atoms with Gasteiger partial charge in [-0.15, -0.1) is 0 Å². The largest absolute Gasteiger partial charge is 0.356 e. The molecule has 1 saturated heterocycles. The van der Waals surface area contributed by atoms with Gasteiger partial charge in [-0.1, -0.05) is 13.8 Å². The maximum Gasteiger partial charge on any atom is 0.214 e. The molecule has 2 N–H and O–H groups in total. The van der Waals surface area contributed by atoms with Gasteiger partial charge < -0.3 is 10.2 Å². The van der Waals surface area contributed by atoms with E-state index in [9.17, 15) is 10.2 Å². The van der Waals surface area contributed by atoms with Crippen LogP contribution in [0.1, 0.15) is 52.4 Å². The van der Waals surface area contributed by atoms with E-state index in [1.807, 2.05) is 0 Å². The lowest BCUT2D eigenvalue weighted by atomic mass is 9.78. The lowest BCUT2D eigenvalue weighted by molar-refractivity contribution is -0.221. The van der Waals surface area contributed by atoms with Crippen molar-refractivity contribution in [3.05, 3.63) is 0 Å². The molecule has 0 aromatic carbocycles. The predicted molar refractivity (Wildman–Crippen MR) is 64.0 cm³/mol. The monoisotopic (exact) mass is 237 g/mol. The first kappa shape index (κ1) is 10.8. The van der Waals surface area contributed by atoms with Crippen molar-refractivity contribution in [1.29, 1.82) is 0 Å². The van der Waals surface area contributed by atoms with E-state index >= 15 is 0 Å². The number of hydrogen-bond donors (Lipinski definition) is 2. The smallest absolute Gasteiger partial charge is 0.214 e. The molecule has 0 radical (unpaired) electrons. The Morgan fingerprint density at radius 1 is 1.00 bits per heavy atom. The number of hydrogen-bond acceptors (Lipinski definition) is 3. The first-order valence-electron chi connectivity index (χ1n) is 7.10. The standard InChI is InChI=1S/C14H23NO2/c1-9-5-13(9)7-12(3-4-12)8-14(6-10(14)2)15(13)11(16)17/h9-11,16-17H,3-8H2,1-2H3/t9-,10+,13?,14?. The van der Waals surface area contributed by atoms with Crippen LogP contribution in [-0.2, 0) is 0 Å². The Morgan fingerprint density at radius 2 is 1.41 bits per heavy atom. The highest BCUT2D eigenvalue weighted by Gasteiger charge is 2.76. The van der Waals surface area contributed by atoms with E-state index in [-0.39, 0.29) is 11.1 Å². The minimum atomic E-state index is -1.25. The van der Waals surface area contributed by atoms with Crippen LogP contribution in [0.3, 0.4) is 0 Å². The third-order valence-electron chi connectivity index (χ3n) is 6.34. The van der Waals surface area contributed by atoms with Gasteiger partial charge in [-0.3, -0.25) is 0 Å². The molecule has 3 nitrogen and oxygen atoms in total. The Balaban J connectivity index is 1.74. The third kappa shape index (κ3) is 1.18. The Bertz CT molecular complexity index is 350. The molecule has 4 rings (SSSR count). The Labute approximate surface area is 103 Å². The highest BCUT2D eigenvalue weighted by atomic mass is 16.5. The topological polar surface area (TPSA) is 43.7 Å². The molecule has 0 aromatic heterocycles. The summed E-state index contributed by atoms with van der Waals surface area (Å²) in [6.07, 6.45) is 6.28. The van der Waals surface area contributed by atoms with Crippen molar-refractivity contribution in [3.63, 3.8) is 0 Å². The van der Waals surface area contributed by atoms with Gasteiger partial charge in [0.2, 0.25) is 6.41 Å². The van der Waals surface area contributed by atoms with Crippen LogP contribution in [0.15, 0.2) is 0 Å². The zero-order valence-electron chi connectivity index (χ0n) is 10.8. The van der Waals surface area contributed by atoms with Crippen LogP contribution in [0, 0.1) is 17.3 Å². The Kier molecular flexibility index (Phi) is 1.73. The van der Waals surface area contributed by atoms with Gasteiger partial charge >= 0.3 is 0 Å². The normalized spacial score (nSPS) is 54.9. The van der Waals surface area contributed by atoms with E-state index < -0.39 is 6.41 Å². The number of aliphatic hydroxyl groups excluding tert-OH is 1. The van der Waals surface area contributed by atoms with Crippen molar-refractivity contribution < 1.29 is 10.2 Å². The van der Waals surface area contributed by atoms with Crippen molar-refractivity contribution in [2.75, 3.05) is 0 Å². The van der Waals surface area contributed by atoms with Crippen LogP contribution in [0.25, 0.3) is 0 Å². The molecule has 3 heteroatoms. The van der Waals surface area contributed by atoms with E-state index in [0.717, 1.165) is 0 Å². The summed E-state index contributed by atoms with van der Waals surface area (Å²) < 4.78 is 0. The van der Waals surface area contributed by atoms with E-state index in [4.69, 9.17) is 0 Å². The molecule has 4 fully saturated rings. The summed E-state index contributed by atoms with van der Waals surface area (Å²) in [6, 6.07) is 0. The minimum absolute atomic E-state index is 0.133. The molecule has 4 aliphatic rings. The van der Waals surface area contributed by atoms with Crippen molar-refractivity contribution in [2.45, 2.75) is 69.9 Å². The van der Waals surface area contributed by atoms with Crippen LogP contribution in [-0.4, -0.2) is 32.6 Å². The lowest BCUT2D eigenvalue weighted by Gasteiger charge is -2.49. The molecule has 3 spiro atoms. The second kappa shape index (κ2) is 2.73. The van der Waals surface area contributed by atoms with Crippen LogP contribution in [0.5, 0.6) is 0 Å². The van der Waals surface area contributed by atoms with Gasteiger partial charge in [0.05, 0.1) is 0 Å². The maximum absolute atomic E-state index is 9.84. The van der Waals surface area contributed by atoms with E-state index in [2.05, 4.69) is 18.7 Å². The number of likely N-dealkylation sites (tertiary alicyclic amines) is 1. The predicted octanol–water partition coefficient (Wildman–Crippen LogP) is 1.69. The van der Waals surface area contributed by atoms with Gasteiger partial charge in [0.15, 0.2) is 0 Å². The van der Waals surface area contributed by atoms with Crippen LogP contribution >= 0.6 is 0 Å². The minimum Gasteiger partial charge on any atom is -0.356 e. The molecule has 4 atom stereocenters. The Morgan fingerprint density at radius 3 is 1.65 bits per heavy atom. The fourth-order valence-corrected chi connectivity index (χ4v) is 5.07. The van der Waals surface area contributed by atoms with Gasteiger partial charge in [0, 0.05) is 11.1 Å². The summed E-state index contributed by atoms with van der Waals surface area (Å²) in [7, 11) is 0. The first-order valence-corrected chi connectivity index (χ1v) is 7.10. The van der Waals surface area contributed by atoms with Gasteiger partial charge in [-0.25, -0.2) is 4.90 Å². The summed E-state index contributed by atoms with van der Waals surface area (Å²) in [5, 5.41) is 19.7. The molecule has 0 amide bonds. The SMILES string of the molecule is C[C@@H]1CC12CC1(CC1)CC1(C[C@@H]1C)N2C(O)O. The lowest BCUT2D eigenvalue weighted by Crippen LogP contribution is -2.59. The Hall–Kier alpha value is -0.120. The second-order valence-corrected chi connectivity index (χ2v) is 7.49. The van der Waals surface area contributed by atoms with Crippen molar-refractivity contribution in [2.24, 2.45) is 17.3 Å². The van der Waals surface area contributed by atoms with E-state index in [1.54, 1.807) is 0 Å². The zero-order valence-corrected chi connectivity index (χ0v) is 10.8.